The number of alkyl carbamates (subject to hydrolysis) is 1. The normalized spacial score (nSPS) is 20.2. The Kier molecular flexibility index (Phi) is 13.6. The lowest BCUT2D eigenvalue weighted by atomic mass is 9.75. The van der Waals surface area contributed by atoms with E-state index in [1.165, 1.54) is 14.2 Å². The third-order valence-electron chi connectivity index (χ3n) is 12.6. The molecule has 6 heterocycles. The van der Waals surface area contributed by atoms with Gasteiger partial charge in [-0.1, -0.05) is 33.8 Å². The van der Waals surface area contributed by atoms with E-state index in [1.807, 2.05) is 33.8 Å². The van der Waals surface area contributed by atoms with E-state index in [2.05, 4.69) is 44.6 Å². The highest BCUT2D eigenvalue weighted by molar-refractivity contribution is 5.86. The Morgan fingerprint density at radius 3 is 2.59 bits per heavy atom. The molecule has 1 aliphatic carbocycles. The third kappa shape index (κ3) is 8.94. The van der Waals surface area contributed by atoms with Crippen molar-refractivity contribution in [1.82, 2.24) is 44.9 Å². The number of nitrogens with one attached hydrogen (secondary N) is 3. The molecule has 17 heteroatoms. The number of pyridine rings is 1. The summed E-state index contributed by atoms with van der Waals surface area (Å²) in [5.74, 6) is 1.67. The van der Waals surface area contributed by atoms with E-state index in [-0.39, 0.29) is 42.3 Å². The Labute approximate surface area is 373 Å². The number of methoxy groups -OCH3 is 2. The topological polar surface area (TPSA) is 200 Å². The van der Waals surface area contributed by atoms with Crippen molar-refractivity contribution >= 4 is 23.5 Å². The van der Waals surface area contributed by atoms with Crippen molar-refractivity contribution in [2.75, 3.05) is 40.5 Å². The Morgan fingerprint density at radius 1 is 1.05 bits per heavy atom. The standard InChI is InChI=1S/C47H59N9O8/c1-7-14-54(45(58)42(28-11-9-13-48-21-28)56(15-8-2)47(60)62-6)24-38-49-22-33(51-38)29-17-31-25-64-37-20-30(18-32-26-63-36(19-29)39(31)40(32)37)34-23-50-43(52-34)35-12-10-16-55(35)44(57)41(27(3)4)53-46(59)61-5/h9,11,13,17-23,27,35-36,39,41-42,47,60H,7-8,10,12,14-16,24-26H2,1-6H3,(H,49,51)(H,50,52)(H,53,59). The summed E-state index contributed by atoms with van der Waals surface area (Å²) in [5, 5.41) is 13.6. The number of benzene rings is 1. The van der Waals surface area contributed by atoms with Gasteiger partial charge in [-0.25, -0.2) is 19.7 Å². The molecule has 1 fully saturated rings. The fourth-order valence-corrected chi connectivity index (χ4v) is 9.49. The molecule has 0 spiro atoms. The SMILES string of the molecule is CCCN(Cc1ncc(C2=CC3OCc4cc(-c5cnc(C6CCCN6C(=O)C(NC(=O)OC)C(C)C)[nH]5)cc5c4C3C(=C2)CO5)[nH]1)C(=O)C(c1cccnc1)N(CCC)C(O)OC. The van der Waals surface area contributed by atoms with Gasteiger partial charge in [-0.3, -0.25) is 14.6 Å². The third-order valence-corrected chi connectivity index (χ3v) is 12.6. The summed E-state index contributed by atoms with van der Waals surface area (Å²) in [7, 11) is 2.71. The quantitative estimate of drug-likeness (QED) is 0.0938. The summed E-state index contributed by atoms with van der Waals surface area (Å²) in [5.41, 5.74) is 7.41. The number of aromatic amines is 2. The summed E-state index contributed by atoms with van der Waals surface area (Å²) in [6.45, 7) is 10.3. The molecular weight excluding hydrogens is 819 g/mol. The van der Waals surface area contributed by atoms with Crippen LogP contribution in [0.5, 0.6) is 5.75 Å². The average Bonchev–Trinajstić information content (AvgIpc) is 4.11. The molecule has 3 aliphatic heterocycles. The van der Waals surface area contributed by atoms with Gasteiger partial charge in [-0.05, 0) is 84.2 Å². The number of hydrogen-bond acceptors (Lipinski definition) is 12. The summed E-state index contributed by atoms with van der Waals surface area (Å²) in [6, 6.07) is 6.04. The predicted octanol–water partition coefficient (Wildman–Crippen LogP) is 5.75. The minimum absolute atomic E-state index is 0.00817. The fraction of sp³-hybridized carbons (Fsp3) is 0.489. The van der Waals surface area contributed by atoms with E-state index in [0.29, 0.717) is 56.5 Å². The van der Waals surface area contributed by atoms with Crippen molar-refractivity contribution < 1.29 is 38.4 Å². The first kappa shape index (κ1) is 44.7. The molecule has 6 atom stereocenters. The summed E-state index contributed by atoms with van der Waals surface area (Å²) in [4.78, 5) is 66.2. The van der Waals surface area contributed by atoms with Gasteiger partial charge in [-0.2, -0.15) is 0 Å². The highest BCUT2D eigenvalue weighted by Gasteiger charge is 2.42. The van der Waals surface area contributed by atoms with Crippen LogP contribution in [0, 0.1) is 5.92 Å². The number of likely N-dealkylation sites (tertiary alicyclic amines) is 1. The maximum Gasteiger partial charge on any atom is 0.407 e. The number of carbonyl (C=O) groups excluding carboxylic acids is 3. The molecule has 4 N–H and O–H groups in total. The molecule has 1 saturated heterocycles. The highest BCUT2D eigenvalue weighted by atomic mass is 16.6. The van der Waals surface area contributed by atoms with Crippen LogP contribution in [0.25, 0.3) is 16.8 Å². The number of hydrogen-bond donors (Lipinski definition) is 4. The second-order valence-corrected chi connectivity index (χ2v) is 17.2. The Hall–Kier alpha value is -5.88. The minimum atomic E-state index is -1.28. The zero-order chi connectivity index (χ0) is 45.1. The van der Waals surface area contributed by atoms with E-state index in [0.717, 1.165) is 64.2 Å². The largest absolute Gasteiger partial charge is 0.489 e. The van der Waals surface area contributed by atoms with Crippen LogP contribution >= 0.6 is 0 Å². The van der Waals surface area contributed by atoms with Gasteiger partial charge in [0.15, 0.2) is 0 Å². The number of H-pyrrole nitrogens is 2. The van der Waals surface area contributed by atoms with Crippen molar-refractivity contribution in [3.05, 3.63) is 101 Å². The molecular formula is C47H59N9O8. The van der Waals surface area contributed by atoms with Gasteiger partial charge in [0.25, 0.3) is 0 Å². The smallest absolute Gasteiger partial charge is 0.407 e. The van der Waals surface area contributed by atoms with Gasteiger partial charge in [0.2, 0.25) is 18.2 Å². The van der Waals surface area contributed by atoms with E-state index in [4.69, 9.17) is 28.9 Å². The lowest BCUT2D eigenvalue weighted by Gasteiger charge is -2.40. The molecule has 6 unspecified atom stereocenters. The van der Waals surface area contributed by atoms with Crippen molar-refractivity contribution in [3.8, 4) is 17.0 Å². The maximum absolute atomic E-state index is 14.5. The van der Waals surface area contributed by atoms with Crippen molar-refractivity contribution in [2.24, 2.45) is 5.92 Å². The molecule has 17 nitrogen and oxygen atoms in total. The van der Waals surface area contributed by atoms with Gasteiger partial charge < -0.3 is 49.1 Å². The molecule has 4 aromatic rings. The van der Waals surface area contributed by atoms with Gasteiger partial charge >= 0.3 is 6.09 Å². The zero-order valence-electron chi connectivity index (χ0n) is 37.4. The maximum atomic E-state index is 14.5. The Bertz CT molecular complexity index is 2360. The van der Waals surface area contributed by atoms with Crippen molar-refractivity contribution in [2.45, 2.75) is 103 Å². The summed E-state index contributed by atoms with van der Waals surface area (Å²) >= 11 is 0. The first-order valence-corrected chi connectivity index (χ1v) is 22.3. The average molecular weight is 878 g/mol. The molecule has 0 saturated carbocycles. The number of ether oxygens (including phenoxy) is 4. The molecule has 64 heavy (non-hydrogen) atoms. The van der Waals surface area contributed by atoms with E-state index in [1.54, 1.807) is 45.6 Å². The minimum Gasteiger partial charge on any atom is -0.489 e. The number of carbonyl (C=O) groups is 3. The van der Waals surface area contributed by atoms with E-state index < -0.39 is 24.6 Å². The molecule has 8 rings (SSSR count). The molecule has 4 aliphatic rings. The summed E-state index contributed by atoms with van der Waals surface area (Å²) < 4.78 is 23.2. The van der Waals surface area contributed by atoms with Gasteiger partial charge in [-0.15, -0.1) is 0 Å². The monoisotopic (exact) mass is 877 g/mol. The molecule has 340 valence electrons. The number of nitrogens with zero attached hydrogens (tertiary/aromatic N) is 6. The van der Waals surface area contributed by atoms with Gasteiger partial charge in [0.1, 0.15) is 36.1 Å². The molecule has 3 aromatic heterocycles. The fourth-order valence-electron chi connectivity index (χ4n) is 9.49. The number of amides is 3. The second-order valence-electron chi connectivity index (χ2n) is 17.2. The number of rotatable bonds is 17. The predicted molar refractivity (Wildman–Crippen MR) is 236 cm³/mol. The number of aliphatic hydroxyl groups excluding tert-OH is 1. The van der Waals surface area contributed by atoms with E-state index in [9.17, 15) is 19.5 Å². The van der Waals surface area contributed by atoms with E-state index >= 15 is 0 Å². The first-order valence-electron chi connectivity index (χ1n) is 22.3. The van der Waals surface area contributed by atoms with Crippen LogP contribution in [0.3, 0.4) is 0 Å². The lowest BCUT2D eigenvalue weighted by Crippen LogP contribution is -2.51. The van der Waals surface area contributed by atoms with Crippen molar-refractivity contribution in [3.63, 3.8) is 0 Å². The zero-order valence-corrected chi connectivity index (χ0v) is 37.4. The first-order chi connectivity index (χ1) is 31.0. The van der Waals surface area contributed by atoms with Crippen LogP contribution in [0.15, 0.2) is 66.8 Å². The molecule has 3 amide bonds. The van der Waals surface area contributed by atoms with Crippen LogP contribution in [-0.4, -0.2) is 122 Å². The van der Waals surface area contributed by atoms with Crippen LogP contribution in [0.1, 0.15) is 105 Å². The number of imidazole rings is 2. The lowest BCUT2D eigenvalue weighted by molar-refractivity contribution is -0.197. The Morgan fingerprint density at radius 2 is 1.86 bits per heavy atom. The van der Waals surface area contributed by atoms with Crippen LogP contribution in [0.2, 0.25) is 0 Å². The molecule has 1 aromatic carbocycles. The molecule has 0 bridgehead atoms. The number of allylic oxidation sites excluding steroid dienone is 2. The second kappa shape index (κ2) is 19.5. The van der Waals surface area contributed by atoms with Crippen LogP contribution in [-0.2, 0) is 37.0 Å². The van der Waals surface area contributed by atoms with Gasteiger partial charge in [0.05, 0.1) is 56.2 Å². The number of aromatic nitrogens is 5. The van der Waals surface area contributed by atoms with Crippen LogP contribution in [0.4, 0.5) is 4.79 Å². The number of aliphatic hydroxyl groups is 1. The molecule has 0 radical (unpaired) electrons. The van der Waals surface area contributed by atoms with Crippen LogP contribution < -0.4 is 10.1 Å². The summed E-state index contributed by atoms with van der Waals surface area (Å²) in [6.07, 6.45) is 12.1. The Balaban J connectivity index is 0.986. The van der Waals surface area contributed by atoms with Crippen molar-refractivity contribution in [1.29, 1.82) is 0 Å². The van der Waals surface area contributed by atoms with Gasteiger partial charge in [0, 0.05) is 56.2 Å². The highest BCUT2D eigenvalue weighted by Crippen LogP contribution is 2.50.